The Hall–Kier alpha value is -3.92. The quantitative estimate of drug-likeness (QED) is 0.475. The van der Waals surface area contributed by atoms with Crippen molar-refractivity contribution in [1.82, 2.24) is 4.98 Å². The summed E-state index contributed by atoms with van der Waals surface area (Å²) in [5, 5.41) is 20.0. The first kappa shape index (κ1) is 17.9. The van der Waals surface area contributed by atoms with Crippen LogP contribution < -0.4 is 11.1 Å². The van der Waals surface area contributed by atoms with Gasteiger partial charge in [-0.3, -0.25) is 10.2 Å². The molecular formula is C20H17N5O2. The Morgan fingerprint density at radius 3 is 2.85 bits per heavy atom. The summed E-state index contributed by atoms with van der Waals surface area (Å²) in [6, 6.07) is 10.3. The maximum absolute atomic E-state index is 12.6. The van der Waals surface area contributed by atoms with Crippen LogP contribution in [-0.4, -0.2) is 16.6 Å². The van der Waals surface area contributed by atoms with Crippen molar-refractivity contribution in [2.45, 2.75) is 13.3 Å². The molecule has 0 aliphatic carbocycles. The molecule has 0 aliphatic rings. The molecule has 1 aromatic carbocycles. The number of nitrogens with zero attached hydrogens (tertiary/aromatic N) is 2. The number of carbonyl (C=O) groups excluding carboxylic acids is 1. The molecule has 0 spiro atoms. The van der Waals surface area contributed by atoms with Crippen molar-refractivity contribution >= 4 is 23.0 Å². The first-order valence-electron chi connectivity index (χ1n) is 8.25. The second-order valence-corrected chi connectivity index (χ2v) is 5.84. The van der Waals surface area contributed by atoms with Crippen LogP contribution in [0.5, 0.6) is 0 Å². The lowest BCUT2D eigenvalue weighted by atomic mass is 10.0. The molecule has 134 valence electrons. The average molecular weight is 359 g/mol. The van der Waals surface area contributed by atoms with Gasteiger partial charge in [0.05, 0.1) is 23.8 Å². The Morgan fingerprint density at radius 2 is 2.19 bits per heavy atom. The Bertz CT molecular complexity index is 1050. The highest BCUT2D eigenvalue weighted by atomic mass is 16.3. The normalized spacial score (nSPS) is 10.2. The zero-order valence-corrected chi connectivity index (χ0v) is 14.6. The molecule has 2 heterocycles. The summed E-state index contributed by atoms with van der Waals surface area (Å²) in [6.45, 7) is 1.89. The van der Waals surface area contributed by atoms with Gasteiger partial charge < -0.3 is 15.5 Å². The summed E-state index contributed by atoms with van der Waals surface area (Å²) in [5.74, 6) is -0.387. The van der Waals surface area contributed by atoms with Crippen molar-refractivity contribution in [2.75, 3.05) is 11.1 Å². The first-order chi connectivity index (χ1) is 13.0. The molecule has 7 heteroatoms. The van der Waals surface area contributed by atoms with E-state index < -0.39 is 0 Å². The van der Waals surface area contributed by atoms with Crippen molar-refractivity contribution in [3.63, 3.8) is 0 Å². The molecule has 0 fully saturated rings. The molecule has 0 radical (unpaired) electrons. The Morgan fingerprint density at radius 1 is 1.37 bits per heavy atom. The highest BCUT2D eigenvalue weighted by Crippen LogP contribution is 2.22. The summed E-state index contributed by atoms with van der Waals surface area (Å²) in [4.78, 5) is 16.7. The molecule has 7 nitrogen and oxygen atoms in total. The summed E-state index contributed by atoms with van der Waals surface area (Å²) in [6.07, 6.45) is 4.89. The van der Waals surface area contributed by atoms with E-state index in [-0.39, 0.29) is 17.3 Å². The molecule has 2 aromatic heterocycles. The van der Waals surface area contributed by atoms with Gasteiger partial charge in [-0.2, -0.15) is 5.26 Å². The van der Waals surface area contributed by atoms with Crippen LogP contribution >= 0.6 is 0 Å². The molecule has 27 heavy (non-hydrogen) atoms. The van der Waals surface area contributed by atoms with E-state index in [1.165, 1.54) is 18.7 Å². The van der Waals surface area contributed by atoms with Gasteiger partial charge in [0.1, 0.15) is 11.8 Å². The summed E-state index contributed by atoms with van der Waals surface area (Å²) in [5.41, 5.74) is 9.53. The zero-order valence-electron chi connectivity index (χ0n) is 14.6. The number of nitrogens with two attached hydrogens (primary N) is 1. The lowest BCUT2D eigenvalue weighted by Gasteiger charge is -2.11. The van der Waals surface area contributed by atoms with E-state index in [2.05, 4.69) is 10.3 Å². The number of nitrogen functional groups attached to an aromatic ring is 1. The number of amides is 1. The van der Waals surface area contributed by atoms with Crippen LogP contribution in [0.2, 0.25) is 0 Å². The summed E-state index contributed by atoms with van der Waals surface area (Å²) >= 11 is 0. The Balaban J connectivity index is 1.88. The number of aryl methyl sites for hydroxylation is 1. The topological polar surface area (TPSA) is 129 Å². The standard InChI is InChI=1S/C20H17N5O2/c1-2-13-7-12(9-21)10-24-19(13)20(26)25-15-3-4-17(22)16(8-15)18(23)14-5-6-27-11-14/h3-8,10-11,23H,2,22H2,1H3,(H,25,26). The van der Waals surface area contributed by atoms with E-state index in [1.54, 1.807) is 30.3 Å². The molecule has 0 saturated heterocycles. The lowest BCUT2D eigenvalue weighted by molar-refractivity contribution is 0.102. The third-order valence-corrected chi connectivity index (χ3v) is 4.08. The number of pyridine rings is 1. The van der Waals surface area contributed by atoms with Crippen molar-refractivity contribution in [2.24, 2.45) is 0 Å². The van der Waals surface area contributed by atoms with Crippen LogP contribution in [0.4, 0.5) is 11.4 Å². The van der Waals surface area contributed by atoms with Gasteiger partial charge in [-0.05, 0) is 42.3 Å². The molecule has 3 rings (SSSR count). The predicted octanol–water partition coefficient (Wildman–Crippen LogP) is 3.36. The van der Waals surface area contributed by atoms with E-state index in [0.29, 0.717) is 40.0 Å². The van der Waals surface area contributed by atoms with Crippen LogP contribution in [-0.2, 0) is 6.42 Å². The van der Waals surface area contributed by atoms with Gasteiger partial charge in [-0.25, -0.2) is 4.98 Å². The van der Waals surface area contributed by atoms with E-state index in [4.69, 9.17) is 20.8 Å². The molecule has 0 aliphatic heterocycles. The van der Waals surface area contributed by atoms with Gasteiger partial charge in [-0.1, -0.05) is 6.92 Å². The molecule has 4 N–H and O–H groups in total. The minimum absolute atomic E-state index is 0.197. The SMILES string of the molecule is CCc1cc(C#N)cnc1C(=O)Nc1ccc(N)c(C(=N)c2ccoc2)c1. The number of hydrogen-bond donors (Lipinski definition) is 3. The fourth-order valence-electron chi connectivity index (χ4n) is 2.65. The Labute approximate surface area is 156 Å². The highest BCUT2D eigenvalue weighted by molar-refractivity contribution is 6.14. The molecular weight excluding hydrogens is 342 g/mol. The minimum Gasteiger partial charge on any atom is -0.472 e. The molecule has 0 saturated carbocycles. The minimum atomic E-state index is -0.387. The van der Waals surface area contributed by atoms with Crippen molar-refractivity contribution in [3.05, 3.63) is 77.0 Å². The van der Waals surface area contributed by atoms with E-state index in [9.17, 15) is 4.79 Å². The number of nitriles is 1. The van der Waals surface area contributed by atoms with Crippen molar-refractivity contribution in [3.8, 4) is 6.07 Å². The van der Waals surface area contributed by atoms with Crippen LogP contribution in [0.1, 0.15) is 39.7 Å². The maximum atomic E-state index is 12.6. The molecule has 1 amide bonds. The third-order valence-electron chi connectivity index (χ3n) is 4.08. The maximum Gasteiger partial charge on any atom is 0.274 e. The van der Waals surface area contributed by atoms with Gasteiger partial charge in [0.2, 0.25) is 0 Å². The molecule has 0 unspecified atom stereocenters. The third kappa shape index (κ3) is 3.70. The number of benzene rings is 1. The molecule has 3 aromatic rings. The van der Waals surface area contributed by atoms with Gasteiger partial charge in [0, 0.05) is 28.7 Å². The molecule has 0 bridgehead atoms. The second-order valence-electron chi connectivity index (χ2n) is 5.84. The van der Waals surface area contributed by atoms with Crippen LogP contribution in [0.25, 0.3) is 0 Å². The van der Waals surface area contributed by atoms with Gasteiger partial charge in [-0.15, -0.1) is 0 Å². The van der Waals surface area contributed by atoms with Crippen molar-refractivity contribution < 1.29 is 9.21 Å². The fourth-order valence-corrected chi connectivity index (χ4v) is 2.65. The number of furan rings is 1. The fraction of sp³-hybridized carbons (Fsp3) is 0.100. The summed E-state index contributed by atoms with van der Waals surface area (Å²) < 4.78 is 5.01. The van der Waals surface area contributed by atoms with Crippen LogP contribution in [0, 0.1) is 16.7 Å². The largest absolute Gasteiger partial charge is 0.472 e. The number of anilines is 2. The highest BCUT2D eigenvalue weighted by Gasteiger charge is 2.15. The second kappa shape index (κ2) is 7.54. The van der Waals surface area contributed by atoms with Gasteiger partial charge in [0.15, 0.2) is 0 Å². The summed E-state index contributed by atoms with van der Waals surface area (Å²) in [7, 11) is 0. The monoisotopic (exact) mass is 359 g/mol. The van der Waals surface area contributed by atoms with E-state index in [0.717, 1.165) is 0 Å². The van der Waals surface area contributed by atoms with Crippen molar-refractivity contribution in [1.29, 1.82) is 10.7 Å². The number of rotatable bonds is 5. The number of carbonyl (C=O) groups is 1. The number of aromatic nitrogens is 1. The van der Waals surface area contributed by atoms with Gasteiger partial charge in [0.25, 0.3) is 5.91 Å². The van der Waals surface area contributed by atoms with E-state index in [1.807, 2.05) is 13.0 Å². The predicted molar refractivity (Wildman–Crippen MR) is 102 cm³/mol. The van der Waals surface area contributed by atoms with E-state index >= 15 is 0 Å². The lowest BCUT2D eigenvalue weighted by Crippen LogP contribution is -2.17. The Kier molecular flexibility index (Phi) is 4.99. The smallest absolute Gasteiger partial charge is 0.274 e. The number of nitrogens with one attached hydrogen (secondary N) is 2. The zero-order chi connectivity index (χ0) is 19.4. The first-order valence-corrected chi connectivity index (χ1v) is 8.25. The number of hydrogen-bond acceptors (Lipinski definition) is 6. The van der Waals surface area contributed by atoms with Gasteiger partial charge >= 0.3 is 0 Å². The molecule has 0 atom stereocenters. The van der Waals surface area contributed by atoms with Crippen LogP contribution in [0.3, 0.4) is 0 Å². The average Bonchev–Trinajstić information content (AvgIpc) is 3.23. The van der Waals surface area contributed by atoms with Crippen LogP contribution in [0.15, 0.2) is 53.5 Å².